The van der Waals surface area contributed by atoms with Gasteiger partial charge in [0.25, 0.3) is 5.91 Å². The summed E-state index contributed by atoms with van der Waals surface area (Å²) in [5.74, 6) is 4.56. The molecule has 14 heavy (non-hydrogen) atoms. The van der Waals surface area contributed by atoms with Crippen LogP contribution in [0.4, 0.5) is 0 Å². The van der Waals surface area contributed by atoms with Gasteiger partial charge in [0.1, 0.15) is 0 Å². The lowest BCUT2D eigenvalue weighted by atomic mass is 10.2. The third-order valence-electron chi connectivity index (χ3n) is 1.61. The molecule has 0 fully saturated rings. The second kappa shape index (κ2) is 5.24. The van der Waals surface area contributed by atoms with Crippen LogP contribution in [-0.4, -0.2) is 10.6 Å². The number of aryl methyl sites for hydroxylation is 1. The molecule has 1 unspecified atom stereocenters. The number of benzene rings is 1. The molecule has 1 rings (SSSR count). The van der Waals surface area contributed by atoms with Gasteiger partial charge >= 0.3 is 0 Å². The highest BCUT2D eigenvalue weighted by atomic mass is 35.5. The number of carbonyl (C=O) groups is 1. The fourth-order valence-electron chi connectivity index (χ4n) is 0.855. The van der Waals surface area contributed by atoms with Crippen LogP contribution in [0.25, 0.3) is 0 Å². The summed E-state index contributed by atoms with van der Waals surface area (Å²) in [6, 6.07) is 7.76. The van der Waals surface area contributed by atoms with E-state index in [-0.39, 0.29) is 0 Å². The van der Waals surface area contributed by atoms with Gasteiger partial charge in [-0.2, -0.15) is 0 Å². The minimum atomic E-state index is -0.692. The van der Waals surface area contributed by atoms with Gasteiger partial charge in [-0.25, -0.2) is 5.84 Å². The van der Waals surface area contributed by atoms with Crippen molar-refractivity contribution in [3.8, 4) is 0 Å². The average Bonchev–Trinajstić information content (AvgIpc) is 2.20. The maximum atomic E-state index is 11.0. The third-order valence-corrected chi connectivity index (χ3v) is 3.04. The second-order valence-electron chi connectivity index (χ2n) is 2.76. The number of nitrogens with two attached hydrogens (primary N) is 1. The van der Waals surface area contributed by atoms with Gasteiger partial charge in [-0.05, 0) is 19.1 Å². The van der Waals surface area contributed by atoms with Crippen LogP contribution in [0.1, 0.15) is 5.56 Å². The molecule has 0 aromatic heterocycles. The highest BCUT2D eigenvalue weighted by Gasteiger charge is 2.14. The van der Waals surface area contributed by atoms with E-state index in [0.29, 0.717) is 0 Å². The minimum absolute atomic E-state index is 0.391. The number of halogens is 1. The molecule has 3 nitrogen and oxygen atoms in total. The van der Waals surface area contributed by atoms with Gasteiger partial charge in [-0.1, -0.05) is 41.1 Å². The smallest absolute Gasteiger partial charge is 0.262 e. The molecular weight excluding hydrogens is 220 g/mol. The van der Waals surface area contributed by atoms with E-state index in [2.05, 4.69) is 0 Å². The first-order valence-electron chi connectivity index (χ1n) is 4.01. The van der Waals surface area contributed by atoms with Crippen molar-refractivity contribution in [1.29, 1.82) is 0 Å². The molecule has 0 heterocycles. The Balaban J connectivity index is 2.60. The molecule has 0 bridgehead atoms. The molecule has 0 spiro atoms. The van der Waals surface area contributed by atoms with E-state index in [1.165, 1.54) is 17.3 Å². The van der Waals surface area contributed by atoms with E-state index >= 15 is 0 Å². The average molecular weight is 231 g/mol. The largest absolute Gasteiger partial charge is 0.292 e. The molecule has 3 N–H and O–H groups in total. The van der Waals surface area contributed by atoms with Crippen LogP contribution in [-0.2, 0) is 4.79 Å². The Morgan fingerprint density at radius 3 is 2.57 bits per heavy atom. The fourth-order valence-corrected chi connectivity index (χ4v) is 1.93. The lowest BCUT2D eigenvalue weighted by Gasteiger charge is -2.07. The standard InChI is InChI=1S/C9H11ClN2OS/c1-6-2-4-7(5-3-6)14-8(10)9(13)12-11/h2-5,8H,11H2,1H3,(H,12,13). The summed E-state index contributed by atoms with van der Waals surface area (Å²) in [6.45, 7) is 2.00. The van der Waals surface area contributed by atoms with Crippen LogP contribution in [0.3, 0.4) is 0 Å². The summed E-state index contributed by atoms with van der Waals surface area (Å²) in [4.78, 5) is 11.9. The Morgan fingerprint density at radius 1 is 1.50 bits per heavy atom. The van der Waals surface area contributed by atoms with Crippen molar-refractivity contribution >= 4 is 29.3 Å². The Morgan fingerprint density at radius 2 is 2.07 bits per heavy atom. The first kappa shape index (κ1) is 11.4. The van der Waals surface area contributed by atoms with Gasteiger partial charge in [-0.3, -0.25) is 10.2 Å². The normalized spacial score (nSPS) is 12.2. The van der Waals surface area contributed by atoms with Crippen molar-refractivity contribution in [1.82, 2.24) is 5.43 Å². The molecule has 1 atom stereocenters. The highest BCUT2D eigenvalue weighted by Crippen LogP contribution is 2.25. The van der Waals surface area contributed by atoms with Crippen molar-refractivity contribution in [2.24, 2.45) is 5.84 Å². The lowest BCUT2D eigenvalue weighted by molar-refractivity contribution is -0.119. The van der Waals surface area contributed by atoms with Crippen molar-refractivity contribution in [2.75, 3.05) is 0 Å². The van der Waals surface area contributed by atoms with Gasteiger partial charge in [-0.15, -0.1) is 0 Å². The number of alkyl halides is 1. The Hall–Kier alpha value is -0.710. The molecule has 0 saturated carbocycles. The van der Waals surface area contributed by atoms with Gasteiger partial charge < -0.3 is 0 Å². The van der Waals surface area contributed by atoms with Crippen LogP contribution in [0.15, 0.2) is 29.2 Å². The molecule has 0 saturated heterocycles. The number of thioether (sulfide) groups is 1. The van der Waals surface area contributed by atoms with E-state index in [9.17, 15) is 4.79 Å². The van der Waals surface area contributed by atoms with E-state index < -0.39 is 10.6 Å². The number of hydrogen-bond acceptors (Lipinski definition) is 3. The Labute approximate surface area is 92.0 Å². The summed E-state index contributed by atoms with van der Waals surface area (Å²) in [5, 5.41) is 0. The summed E-state index contributed by atoms with van der Waals surface area (Å²) in [5.41, 5.74) is 3.17. The van der Waals surface area contributed by atoms with Crippen molar-refractivity contribution in [3.05, 3.63) is 29.8 Å². The number of hydrogen-bond donors (Lipinski definition) is 2. The van der Waals surface area contributed by atoms with Gasteiger partial charge in [0.05, 0.1) is 0 Å². The molecule has 0 aliphatic heterocycles. The van der Waals surface area contributed by atoms with Crippen LogP contribution in [0, 0.1) is 6.92 Å². The van der Waals surface area contributed by atoms with Crippen LogP contribution in [0.2, 0.25) is 0 Å². The molecule has 0 aliphatic rings. The van der Waals surface area contributed by atoms with Crippen molar-refractivity contribution < 1.29 is 4.79 Å². The number of rotatable bonds is 3. The third kappa shape index (κ3) is 3.21. The van der Waals surface area contributed by atoms with E-state index in [0.717, 1.165) is 4.90 Å². The predicted molar refractivity (Wildman–Crippen MR) is 59.0 cm³/mol. The summed E-state index contributed by atoms with van der Waals surface area (Å²) in [6.07, 6.45) is 0. The van der Waals surface area contributed by atoms with E-state index in [1.54, 1.807) is 0 Å². The monoisotopic (exact) mass is 230 g/mol. The minimum Gasteiger partial charge on any atom is -0.292 e. The lowest BCUT2D eigenvalue weighted by Crippen LogP contribution is -2.35. The number of hydrazine groups is 1. The molecular formula is C9H11ClN2OS. The SMILES string of the molecule is Cc1ccc(SC(Cl)C(=O)NN)cc1. The first-order chi connectivity index (χ1) is 6.63. The summed E-state index contributed by atoms with van der Waals surface area (Å²) >= 11 is 7.04. The van der Waals surface area contributed by atoms with Crippen molar-refractivity contribution in [2.45, 2.75) is 16.5 Å². The van der Waals surface area contributed by atoms with Gasteiger partial charge in [0.15, 0.2) is 4.71 Å². The van der Waals surface area contributed by atoms with Crippen LogP contribution < -0.4 is 11.3 Å². The maximum Gasteiger partial charge on any atom is 0.262 e. The number of amides is 1. The molecule has 1 amide bonds. The molecule has 1 aromatic carbocycles. The number of carbonyl (C=O) groups excluding carboxylic acids is 1. The van der Waals surface area contributed by atoms with Crippen LogP contribution in [0.5, 0.6) is 0 Å². The fraction of sp³-hybridized carbons (Fsp3) is 0.222. The zero-order chi connectivity index (χ0) is 10.6. The van der Waals surface area contributed by atoms with Crippen LogP contribution >= 0.6 is 23.4 Å². The zero-order valence-corrected chi connectivity index (χ0v) is 9.23. The Kier molecular flexibility index (Phi) is 4.25. The topological polar surface area (TPSA) is 55.1 Å². The van der Waals surface area contributed by atoms with Gasteiger partial charge in [0, 0.05) is 4.90 Å². The quantitative estimate of drug-likeness (QED) is 0.273. The highest BCUT2D eigenvalue weighted by molar-refractivity contribution is 8.01. The Bertz CT molecular complexity index is 315. The predicted octanol–water partition coefficient (Wildman–Crippen LogP) is 1.64. The maximum absolute atomic E-state index is 11.0. The molecule has 0 aliphatic carbocycles. The molecule has 76 valence electrons. The molecule has 0 radical (unpaired) electrons. The number of nitrogens with one attached hydrogen (secondary N) is 1. The molecule has 5 heteroatoms. The first-order valence-corrected chi connectivity index (χ1v) is 5.33. The zero-order valence-electron chi connectivity index (χ0n) is 7.66. The van der Waals surface area contributed by atoms with Crippen molar-refractivity contribution in [3.63, 3.8) is 0 Å². The summed E-state index contributed by atoms with van der Waals surface area (Å²) in [7, 11) is 0. The van der Waals surface area contributed by atoms with Gasteiger partial charge in [0.2, 0.25) is 0 Å². The second-order valence-corrected chi connectivity index (χ2v) is 4.63. The molecule has 1 aromatic rings. The van der Waals surface area contributed by atoms with E-state index in [1.807, 2.05) is 36.6 Å². The summed E-state index contributed by atoms with van der Waals surface area (Å²) < 4.78 is -0.692. The van der Waals surface area contributed by atoms with E-state index in [4.69, 9.17) is 17.4 Å².